The van der Waals surface area contributed by atoms with Crippen molar-refractivity contribution in [2.45, 2.75) is 50.1 Å². The molecular weight excluding hydrogens is 394 g/mol. The fourth-order valence-electron chi connectivity index (χ4n) is 3.29. The molecule has 30 heavy (non-hydrogen) atoms. The molecule has 0 saturated carbocycles. The molecule has 1 aromatic carbocycles. The first kappa shape index (κ1) is 20.5. The predicted octanol–water partition coefficient (Wildman–Crippen LogP) is 5.19. The van der Waals surface area contributed by atoms with Gasteiger partial charge >= 0.3 is 0 Å². The Morgan fingerprint density at radius 3 is 2.53 bits per heavy atom. The SMILES string of the molecule is CC(Oc1ccc(C(C)(C)C)cc1)c1nnc(SCc2cn3ccccc3n2)n1C. The van der Waals surface area contributed by atoms with E-state index in [1.54, 1.807) is 11.8 Å². The Morgan fingerprint density at radius 1 is 1.07 bits per heavy atom. The molecule has 0 saturated heterocycles. The third kappa shape index (κ3) is 4.36. The van der Waals surface area contributed by atoms with E-state index in [0.29, 0.717) is 0 Å². The van der Waals surface area contributed by atoms with Crippen LogP contribution in [0.2, 0.25) is 0 Å². The van der Waals surface area contributed by atoms with Crippen molar-refractivity contribution in [3.63, 3.8) is 0 Å². The Kier molecular flexibility index (Phi) is 5.56. The van der Waals surface area contributed by atoms with Crippen LogP contribution in [0.15, 0.2) is 60.0 Å². The minimum Gasteiger partial charge on any atom is -0.483 e. The number of hydrogen-bond donors (Lipinski definition) is 0. The first-order valence-corrected chi connectivity index (χ1v) is 11.0. The summed E-state index contributed by atoms with van der Waals surface area (Å²) in [6.45, 7) is 8.61. The molecule has 0 fully saturated rings. The summed E-state index contributed by atoms with van der Waals surface area (Å²) in [7, 11) is 1.98. The molecule has 0 amide bonds. The van der Waals surface area contributed by atoms with Crippen LogP contribution in [-0.2, 0) is 18.2 Å². The van der Waals surface area contributed by atoms with Crippen molar-refractivity contribution in [2.75, 3.05) is 0 Å². The molecular formula is C23H27N5OS. The number of aromatic nitrogens is 5. The second kappa shape index (κ2) is 8.14. The molecule has 4 aromatic rings. The van der Waals surface area contributed by atoms with Crippen LogP contribution in [0.4, 0.5) is 0 Å². The summed E-state index contributed by atoms with van der Waals surface area (Å²) in [6.07, 6.45) is 3.85. The summed E-state index contributed by atoms with van der Waals surface area (Å²) in [4.78, 5) is 4.64. The first-order valence-electron chi connectivity index (χ1n) is 10.0. The van der Waals surface area contributed by atoms with E-state index in [1.807, 2.05) is 65.7 Å². The van der Waals surface area contributed by atoms with Crippen molar-refractivity contribution in [3.8, 4) is 5.75 Å². The van der Waals surface area contributed by atoms with Gasteiger partial charge in [-0.3, -0.25) is 0 Å². The van der Waals surface area contributed by atoms with E-state index in [4.69, 9.17) is 4.74 Å². The van der Waals surface area contributed by atoms with Gasteiger partial charge < -0.3 is 13.7 Å². The Hall–Kier alpha value is -2.80. The number of fused-ring (bicyclic) bond motifs is 1. The van der Waals surface area contributed by atoms with Crippen LogP contribution >= 0.6 is 11.8 Å². The number of benzene rings is 1. The smallest absolute Gasteiger partial charge is 0.191 e. The van der Waals surface area contributed by atoms with E-state index in [0.717, 1.165) is 33.8 Å². The van der Waals surface area contributed by atoms with E-state index < -0.39 is 0 Å². The highest BCUT2D eigenvalue weighted by atomic mass is 32.2. The van der Waals surface area contributed by atoms with Gasteiger partial charge in [-0.05, 0) is 42.2 Å². The van der Waals surface area contributed by atoms with Gasteiger partial charge in [0.15, 0.2) is 17.1 Å². The second-order valence-corrected chi connectivity index (χ2v) is 9.36. The molecule has 0 spiro atoms. The molecule has 0 aliphatic heterocycles. The molecule has 0 N–H and O–H groups in total. The monoisotopic (exact) mass is 421 g/mol. The van der Waals surface area contributed by atoms with Gasteiger partial charge in [0.2, 0.25) is 0 Å². The van der Waals surface area contributed by atoms with Gasteiger partial charge in [0.1, 0.15) is 11.4 Å². The maximum Gasteiger partial charge on any atom is 0.191 e. The minimum absolute atomic E-state index is 0.126. The van der Waals surface area contributed by atoms with Gasteiger partial charge in [0.05, 0.1) is 5.69 Å². The summed E-state index contributed by atoms with van der Waals surface area (Å²) < 4.78 is 10.1. The minimum atomic E-state index is -0.201. The van der Waals surface area contributed by atoms with E-state index in [2.05, 4.69) is 48.1 Å². The highest BCUT2D eigenvalue weighted by Gasteiger charge is 2.18. The zero-order valence-electron chi connectivity index (χ0n) is 18.0. The fourth-order valence-corrected chi connectivity index (χ4v) is 4.09. The maximum atomic E-state index is 6.12. The lowest BCUT2D eigenvalue weighted by molar-refractivity contribution is 0.211. The first-order chi connectivity index (χ1) is 14.3. The van der Waals surface area contributed by atoms with Crippen LogP contribution in [0.25, 0.3) is 5.65 Å². The summed E-state index contributed by atoms with van der Waals surface area (Å²) in [5.41, 5.74) is 3.37. The zero-order valence-corrected chi connectivity index (χ0v) is 18.8. The van der Waals surface area contributed by atoms with Gasteiger partial charge in [-0.2, -0.15) is 0 Å². The summed E-state index contributed by atoms with van der Waals surface area (Å²) in [5.74, 6) is 2.36. The molecule has 0 radical (unpaired) electrons. The van der Waals surface area contributed by atoms with Crippen LogP contribution in [0, 0.1) is 0 Å². The number of thioether (sulfide) groups is 1. The van der Waals surface area contributed by atoms with Crippen molar-refractivity contribution in [2.24, 2.45) is 7.05 Å². The molecule has 0 aliphatic rings. The van der Waals surface area contributed by atoms with Crippen molar-refractivity contribution in [1.82, 2.24) is 24.1 Å². The molecule has 0 bridgehead atoms. The van der Waals surface area contributed by atoms with Crippen LogP contribution in [0.1, 0.15) is 50.9 Å². The lowest BCUT2D eigenvalue weighted by atomic mass is 9.87. The van der Waals surface area contributed by atoms with Crippen LogP contribution in [0.3, 0.4) is 0 Å². The highest BCUT2D eigenvalue weighted by molar-refractivity contribution is 7.98. The van der Waals surface area contributed by atoms with Crippen molar-refractivity contribution >= 4 is 17.4 Å². The van der Waals surface area contributed by atoms with E-state index >= 15 is 0 Å². The Balaban J connectivity index is 1.41. The largest absolute Gasteiger partial charge is 0.483 e. The Morgan fingerprint density at radius 2 is 1.83 bits per heavy atom. The number of rotatable bonds is 6. The number of pyridine rings is 1. The van der Waals surface area contributed by atoms with Gasteiger partial charge in [0.25, 0.3) is 0 Å². The number of ether oxygens (including phenoxy) is 1. The van der Waals surface area contributed by atoms with Crippen molar-refractivity contribution in [3.05, 3.63) is 71.9 Å². The van der Waals surface area contributed by atoms with E-state index in [9.17, 15) is 0 Å². The molecule has 1 unspecified atom stereocenters. The number of imidazole rings is 1. The molecule has 0 aliphatic carbocycles. The molecule has 1 atom stereocenters. The standard InChI is InChI=1S/C23H27N5OS/c1-16(29-19-11-9-17(10-12-19)23(2,3)4)21-25-26-22(27(21)5)30-15-18-14-28-13-7-6-8-20(28)24-18/h6-14,16H,15H2,1-5H3. The quantitative estimate of drug-likeness (QED) is 0.401. The lowest BCUT2D eigenvalue weighted by Gasteiger charge is -2.20. The van der Waals surface area contributed by atoms with Gasteiger partial charge in [0, 0.05) is 25.2 Å². The van der Waals surface area contributed by atoms with Crippen LogP contribution < -0.4 is 4.74 Å². The average molecular weight is 422 g/mol. The van der Waals surface area contributed by atoms with Crippen LogP contribution in [-0.4, -0.2) is 24.1 Å². The molecule has 6 nitrogen and oxygen atoms in total. The predicted molar refractivity (Wildman–Crippen MR) is 120 cm³/mol. The van der Waals surface area contributed by atoms with E-state index in [1.165, 1.54) is 5.56 Å². The fraction of sp³-hybridized carbons (Fsp3) is 0.348. The van der Waals surface area contributed by atoms with E-state index in [-0.39, 0.29) is 11.5 Å². The summed E-state index contributed by atoms with van der Waals surface area (Å²) in [5, 5.41) is 9.57. The molecule has 4 rings (SSSR count). The normalized spacial score (nSPS) is 13.0. The number of hydrogen-bond acceptors (Lipinski definition) is 5. The molecule has 7 heteroatoms. The topological polar surface area (TPSA) is 57.2 Å². The summed E-state index contributed by atoms with van der Waals surface area (Å²) >= 11 is 1.62. The molecule has 156 valence electrons. The van der Waals surface area contributed by atoms with Gasteiger partial charge in [-0.25, -0.2) is 4.98 Å². The Labute approximate surface area is 181 Å². The second-order valence-electron chi connectivity index (χ2n) is 8.42. The zero-order chi connectivity index (χ0) is 21.3. The average Bonchev–Trinajstić information content (AvgIpc) is 3.29. The lowest BCUT2D eigenvalue weighted by Crippen LogP contribution is -2.12. The van der Waals surface area contributed by atoms with Gasteiger partial charge in [-0.1, -0.05) is 50.7 Å². The van der Waals surface area contributed by atoms with Crippen molar-refractivity contribution < 1.29 is 4.74 Å². The number of nitrogens with zero attached hydrogens (tertiary/aromatic N) is 5. The third-order valence-electron chi connectivity index (χ3n) is 5.03. The highest BCUT2D eigenvalue weighted by Crippen LogP contribution is 2.28. The van der Waals surface area contributed by atoms with Crippen molar-refractivity contribution in [1.29, 1.82) is 0 Å². The van der Waals surface area contributed by atoms with Gasteiger partial charge in [-0.15, -0.1) is 10.2 Å². The maximum absolute atomic E-state index is 6.12. The van der Waals surface area contributed by atoms with Crippen LogP contribution in [0.5, 0.6) is 5.75 Å². The Bertz CT molecular complexity index is 1110. The summed E-state index contributed by atoms with van der Waals surface area (Å²) in [6, 6.07) is 14.3. The molecule has 3 heterocycles. The molecule has 3 aromatic heterocycles. The third-order valence-corrected chi connectivity index (χ3v) is 6.08.